The third-order valence-electron chi connectivity index (χ3n) is 4.26. The molecule has 1 fully saturated rings. The van der Waals surface area contributed by atoms with Gasteiger partial charge in [0, 0.05) is 37.3 Å². The van der Waals surface area contributed by atoms with E-state index in [9.17, 15) is 4.39 Å². The molecule has 0 amide bonds. The van der Waals surface area contributed by atoms with Gasteiger partial charge in [0.05, 0.1) is 12.1 Å². The molecule has 1 saturated heterocycles. The van der Waals surface area contributed by atoms with Crippen LogP contribution in [0.2, 0.25) is 0 Å². The predicted molar refractivity (Wildman–Crippen MR) is 90.3 cm³/mol. The largest absolute Gasteiger partial charge is 0.343 e. The van der Waals surface area contributed by atoms with Gasteiger partial charge < -0.3 is 9.88 Å². The first-order valence-electron chi connectivity index (χ1n) is 7.72. The van der Waals surface area contributed by atoms with Crippen molar-refractivity contribution in [3.63, 3.8) is 0 Å². The molecule has 1 atom stereocenters. The van der Waals surface area contributed by atoms with Gasteiger partial charge in [-0.1, -0.05) is 6.07 Å². The summed E-state index contributed by atoms with van der Waals surface area (Å²) in [5, 5.41) is 3.10. The number of benzene rings is 1. The number of piperazine rings is 1. The lowest BCUT2D eigenvalue weighted by molar-refractivity contribution is 0.217. The zero-order valence-electron chi connectivity index (χ0n) is 12.9. The van der Waals surface area contributed by atoms with E-state index in [1.807, 2.05) is 17.6 Å². The van der Waals surface area contributed by atoms with E-state index in [0.29, 0.717) is 18.1 Å². The smallest absolute Gasteiger partial charge is 0.185 e. The number of nitrogens with one attached hydrogen (secondary N) is 1. The van der Waals surface area contributed by atoms with Gasteiger partial charge in [-0.15, -0.1) is 11.3 Å². The van der Waals surface area contributed by atoms with Crippen LogP contribution in [0.3, 0.4) is 0 Å². The summed E-state index contributed by atoms with van der Waals surface area (Å²) in [7, 11) is 0. The molecule has 120 valence electrons. The highest BCUT2D eigenvalue weighted by atomic mass is 32.1. The fourth-order valence-electron chi connectivity index (χ4n) is 3.15. The molecule has 0 saturated carbocycles. The molecular weight excluding hydrogens is 313 g/mol. The molecule has 3 aromatic rings. The molecule has 1 aliphatic rings. The van der Waals surface area contributed by atoms with Gasteiger partial charge in [-0.25, -0.2) is 14.4 Å². The number of hydrogen-bond acceptors (Lipinski definition) is 5. The topological polar surface area (TPSA) is 48.1 Å². The lowest BCUT2D eigenvalue weighted by atomic mass is 10.2. The standard InChI is InChI=1S/C16H18FN5S/c1-11-9-21(6-7-22(11)16-18-5-8-23-16)10-14-19-13-4-2-3-12(17)15(13)20-14/h2-5,8,11H,6-7,9-10H2,1H3,(H,19,20). The second-order valence-corrected chi connectivity index (χ2v) is 6.78. The number of rotatable bonds is 3. The molecule has 7 heteroatoms. The molecule has 4 rings (SSSR count). The third-order valence-corrected chi connectivity index (χ3v) is 5.07. The number of imidazole rings is 1. The minimum Gasteiger partial charge on any atom is -0.343 e. The highest BCUT2D eigenvalue weighted by Gasteiger charge is 2.25. The third kappa shape index (κ3) is 2.82. The van der Waals surface area contributed by atoms with Crippen molar-refractivity contribution in [1.82, 2.24) is 19.9 Å². The molecule has 5 nitrogen and oxygen atoms in total. The van der Waals surface area contributed by atoms with E-state index in [4.69, 9.17) is 0 Å². The van der Waals surface area contributed by atoms with Crippen LogP contribution < -0.4 is 4.90 Å². The van der Waals surface area contributed by atoms with Crippen LogP contribution in [-0.2, 0) is 6.54 Å². The van der Waals surface area contributed by atoms with Crippen LogP contribution in [0.4, 0.5) is 9.52 Å². The Morgan fingerprint density at radius 2 is 2.30 bits per heavy atom. The van der Waals surface area contributed by atoms with Crippen LogP contribution >= 0.6 is 11.3 Å². The molecular formula is C16H18FN5S. The Kier molecular flexibility index (Phi) is 3.74. The van der Waals surface area contributed by atoms with E-state index in [1.165, 1.54) is 6.07 Å². The molecule has 2 aromatic heterocycles. The Hall–Kier alpha value is -1.99. The molecule has 1 N–H and O–H groups in total. The molecule has 3 heterocycles. The summed E-state index contributed by atoms with van der Waals surface area (Å²) in [5.74, 6) is 0.548. The highest BCUT2D eigenvalue weighted by molar-refractivity contribution is 7.13. The van der Waals surface area contributed by atoms with Crippen molar-refractivity contribution in [2.24, 2.45) is 0 Å². The second kappa shape index (κ2) is 5.90. The normalized spacial score (nSPS) is 19.6. The fraction of sp³-hybridized carbons (Fsp3) is 0.375. The highest BCUT2D eigenvalue weighted by Crippen LogP contribution is 2.23. The SMILES string of the molecule is CC1CN(Cc2nc3c(F)cccc3[nH]2)CCN1c1nccs1. The number of para-hydroxylation sites is 1. The van der Waals surface area contributed by atoms with Crippen LogP contribution in [0.15, 0.2) is 29.8 Å². The molecule has 23 heavy (non-hydrogen) atoms. The number of H-pyrrole nitrogens is 1. The van der Waals surface area contributed by atoms with Gasteiger partial charge in [-0.3, -0.25) is 4.90 Å². The first kappa shape index (κ1) is 14.6. The zero-order chi connectivity index (χ0) is 15.8. The first-order chi connectivity index (χ1) is 11.2. The summed E-state index contributed by atoms with van der Waals surface area (Å²) in [4.78, 5) is 16.7. The number of hydrogen-bond donors (Lipinski definition) is 1. The van der Waals surface area contributed by atoms with E-state index >= 15 is 0 Å². The maximum Gasteiger partial charge on any atom is 0.185 e. The lowest BCUT2D eigenvalue weighted by Gasteiger charge is -2.39. The Morgan fingerprint density at radius 1 is 1.39 bits per heavy atom. The summed E-state index contributed by atoms with van der Waals surface area (Å²) >= 11 is 1.68. The number of aromatic amines is 1. The van der Waals surface area contributed by atoms with Crippen molar-refractivity contribution in [1.29, 1.82) is 0 Å². The summed E-state index contributed by atoms with van der Waals surface area (Å²) in [6.45, 7) is 5.77. The van der Waals surface area contributed by atoms with Crippen molar-refractivity contribution >= 4 is 27.5 Å². The van der Waals surface area contributed by atoms with Crippen molar-refractivity contribution in [3.05, 3.63) is 41.4 Å². The van der Waals surface area contributed by atoms with Gasteiger partial charge >= 0.3 is 0 Å². The van der Waals surface area contributed by atoms with Crippen LogP contribution in [0, 0.1) is 5.82 Å². The minimum atomic E-state index is -0.271. The van der Waals surface area contributed by atoms with Crippen molar-refractivity contribution in [3.8, 4) is 0 Å². The van der Waals surface area contributed by atoms with Gasteiger partial charge in [-0.2, -0.15) is 0 Å². The van der Waals surface area contributed by atoms with Gasteiger partial charge in [0.15, 0.2) is 10.9 Å². The molecule has 0 bridgehead atoms. The maximum absolute atomic E-state index is 13.7. The van der Waals surface area contributed by atoms with E-state index in [-0.39, 0.29) is 5.82 Å². The van der Waals surface area contributed by atoms with Crippen LogP contribution in [-0.4, -0.2) is 45.5 Å². The average Bonchev–Trinajstić information content (AvgIpc) is 3.17. The van der Waals surface area contributed by atoms with Crippen LogP contribution in [0.25, 0.3) is 11.0 Å². The number of thiazole rings is 1. The van der Waals surface area contributed by atoms with Gasteiger partial charge in [0.25, 0.3) is 0 Å². The number of halogens is 1. The number of aromatic nitrogens is 3. The second-order valence-electron chi connectivity index (χ2n) is 5.91. The number of nitrogens with zero attached hydrogens (tertiary/aromatic N) is 4. The summed E-state index contributed by atoms with van der Waals surface area (Å²) < 4.78 is 13.7. The van der Waals surface area contributed by atoms with E-state index in [2.05, 4.69) is 31.7 Å². The number of anilines is 1. The van der Waals surface area contributed by atoms with Gasteiger partial charge in [0.1, 0.15) is 11.3 Å². The van der Waals surface area contributed by atoms with Crippen molar-refractivity contribution < 1.29 is 4.39 Å². The number of fused-ring (bicyclic) bond motifs is 1. The maximum atomic E-state index is 13.7. The fourth-order valence-corrected chi connectivity index (χ4v) is 3.93. The monoisotopic (exact) mass is 331 g/mol. The van der Waals surface area contributed by atoms with Gasteiger partial charge in [0.2, 0.25) is 0 Å². The summed E-state index contributed by atoms with van der Waals surface area (Å²) in [6.07, 6.45) is 1.85. The Bertz CT molecular complexity index is 800. The van der Waals surface area contributed by atoms with E-state index in [0.717, 1.165) is 36.1 Å². The lowest BCUT2D eigenvalue weighted by Crippen LogP contribution is -2.51. The Balaban J connectivity index is 1.46. The first-order valence-corrected chi connectivity index (χ1v) is 8.60. The zero-order valence-corrected chi connectivity index (χ0v) is 13.7. The molecule has 0 spiro atoms. The predicted octanol–water partition coefficient (Wildman–Crippen LogP) is 2.87. The Labute approximate surface area is 137 Å². The quantitative estimate of drug-likeness (QED) is 0.802. The molecule has 1 aromatic carbocycles. The average molecular weight is 331 g/mol. The molecule has 1 unspecified atom stereocenters. The summed E-state index contributed by atoms with van der Waals surface area (Å²) in [5.41, 5.74) is 1.19. The van der Waals surface area contributed by atoms with E-state index < -0.39 is 0 Å². The van der Waals surface area contributed by atoms with Crippen LogP contribution in [0.5, 0.6) is 0 Å². The molecule has 1 aliphatic heterocycles. The summed E-state index contributed by atoms with van der Waals surface area (Å²) in [6, 6.07) is 5.41. The van der Waals surface area contributed by atoms with Gasteiger partial charge in [-0.05, 0) is 19.1 Å². The van der Waals surface area contributed by atoms with E-state index in [1.54, 1.807) is 17.4 Å². The Morgan fingerprint density at radius 3 is 3.04 bits per heavy atom. The van der Waals surface area contributed by atoms with Crippen molar-refractivity contribution in [2.45, 2.75) is 19.5 Å². The minimum absolute atomic E-state index is 0.271. The molecule has 0 radical (unpaired) electrons. The van der Waals surface area contributed by atoms with Crippen molar-refractivity contribution in [2.75, 3.05) is 24.5 Å². The molecule has 0 aliphatic carbocycles. The van der Waals surface area contributed by atoms with Crippen LogP contribution in [0.1, 0.15) is 12.7 Å².